The largest absolute Gasteiger partial charge is 0.383 e. The third kappa shape index (κ3) is 4.15. The van der Waals surface area contributed by atoms with Crippen molar-refractivity contribution >= 4 is 17.2 Å². The molecule has 0 aliphatic rings. The van der Waals surface area contributed by atoms with Gasteiger partial charge in [0.25, 0.3) is 0 Å². The van der Waals surface area contributed by atoms with Gasteiger partial charge >= 0.3 is 0 Å². The Bertz CT molecular complexity index is 1090. The van der Waals surface area contributed by atoms with Crippen LogP contribution in [0.3, 0.4) is 0 Å². The normalized spacial score (nSPS) is 11.7. The van der Waals surface area contributed by atoms with Gasteiger partial charge in [-0.05, 0) is 18.1 Å². The van der Waals surface area contributed by atoms with E-state index in [1.807, 2.05) is 67.6 Å². The Balaban J connectivity index is 1.51. The molecule has 0 fully saturated rings. The van der Waals surface area contributed by atoms with Gasteiger partial charge in [-0.2, -0.15) is 4.98 Å². The Kier molecular flexibility index (Phi) is 5.25. The fourth-order valence-electron chi connectivity index (χ4n) is 2.75. The van der Waals surface area contributed by atoms with Crippen molar-refractivity contribution in [1.29, 1.82) is 0 Å². The zero-order valence-electron chi connectivity index (χ0n) is 15.4. The standard InChI is InChI=1S/C21H19N5OS/c1-14-18(19(22)23-13-16-10-6-3-7-11-16)28-21(24-14)20-25-17(27-26-20)12-15-8-4-2-5-9-15/h2-11H,12-13H2,1H3,(H2,22,23). The van der Waals surface area contributed by atoms with Gasteiger partial charge < -0.3 is 10.3 Å². The Morgan fingerprint density at radius 3 is 2.39 bits per heavy atom. The molecule has 0 unspecified atom stereocenters. The van der Waals surface area contributed by atoms with Crippen molar-refractivity contribution in [3.63, 3.8) is 0 Å². The Hall–Kier alpha value is -3.32. The highest BCUT2D eigenvalue weighted by atomic mass is 32.1. The summed E-state index contributed by atoms with van der Waals surface area (Å²) >= 11 is 1.42. The minimum Gasteiger partial charge on any atom is -0.383 e. The van der Waals surface area contributed by atoms with Crippen LogP contribution in [-0.4, -0.2) is 21.0 Å². The maximum Gasteiger partial charge on any atom is 0.231 e. The third-order valence-corrected chi connectivity index (χ3v) is 5.34. The van der Waals surface area contributed by atoms with Gasteiger partial charge in [0.1, 0.15) is 5.84 Å². The highest BCUT2D eigenvalue weighted by Crippen LogP contribution is 2.26. The molecule has 2 aromatic carbocycles. The summed E-state index contributed by atoms with van der Waals surface area (Å²) in [5.74, 6) is 1.50. The van der Waals surface area contributed by atoms with E-state index in [1.54, 1.807) is 0 Å². The van der Waals surface area contributed by atoms with Gasteiger partial charge in [-0.25, -0.2) is 4.98 Å². The van der Waals surface area contributed by atoms with Crippen LogP contribution in [0.15, 0.2) is 70.2 Å². The van der Waals surface area contributed by atoms with Gasteiger partial charge in [-0.15, -0.1) is 11.3 Å². The van der Waals surface area contributed by atoms with Crippen LogP contribution in [0.4, 0.5) is 0 Å². The van der Waals surface area contributed by atoms with E-state index in [0.29, 0.717) is 35.5 Å². The summed E-state index contributed by atoms with van der Waals surface area (Å²) in [5, 5.41) is 4.75. The van der Waals surface area contributed by atoms with Crippen molar-refractivity contribution in [2.75, 3.05) is 0 Å². The van der Waals surface area contributed by atoms with Crippen molar-refractivity contribution in [3.8, 4) is 10.8 Å². The molecule has 2 N–H and O–H groups in total. The van der Waals surface area contributed by atoms with E-state index >= 15 is 0 Å². The molecule has 0 aliphatic heterocycles. The van der Waals surface area contributed by atoms with Crippen LogP contribution in [0.2, 0.25) is 0 Å². The van der Waals surface area contributed by atoms with E-state index < -0.39 is 0 Å². The van der Waals surface area contributed by atoms with Crippen molar-refractivity contribution < 1.29 is 4.52 Å². The molecule has 2 heterocycles. The van der Waals surface area contributed by atoms with E-state index in [0.717, 1.165) is 21.7 Å². The summed E-state index contributed by atoms with van der Waals surface area (Å²) in [7, 11) is 0. The lowest BCUT2D eigenvalue weighted by Gasteiger charge is -1.99. The number of nitrogens with two attached hydrogens (primary N) is 1. The molecular formula is C21H19N5OS. The van der Waals surface area contributed by atoms with Crippen molar-refractivity contribution in [1.82, 2.24) is 15.1 Å². The minimum atomic E-state index is 0.470. The predicted molar refractivity (Wildman–Crippen MR) is 110 cm³/mol. The molecule has 0 saturated heterocycles. The van der Waals surface area contributed by atoms with Gasteiger partial charge in [0, 0.05) is 0 Å². The van der Waals surface area contributed by atoms with Crippen LogP contribution in [0.5, 0.6) is 0 Å². The molecular weight excluding hydrogens is 370 g/mol. The Morgan fingerprint density at radius 2 is 1.68 bits per heavy atom. The zero-order chi connectivity index (χ0) is 19.3. The monoisotopic (exact) mass is 389 g/mol. The van der Waals surface area contributed by atoms with Gasteiger partial charge in [0.05, 0.1) is 23.5 Å². The molecule has 0 amide bonds. The highest BCUT2D eigenvalue weighted by molar-refractivity contribution is 7.17. The predicted octanol–water partition coefficient (Wildman–Crippen LogP) is 4.00. The number of hydrogen-bond donors (Lipinski definition) is 1. The number of aliphatic imine (C=N–C) groups is 1. The van der Waals surface area contributed by atoms with Crippen LogP contribution < -0.4 is 5.73 Å². The van der Waals surface area contributed by atoms with Crippen LogP contribution >= 0.6 is 11.3 Å². The molecule has 0 saturated carbocycles. The molecule has 140 valence electrons. The van der Waals surface area contributed by atoms with E-state index in [2.05, 4.69) is 20.1 Å². The topological polar surface area (TPSA) is 90.2 Å². The van der Waals surface area contributed by atoms with Crippen molar-refractivity contribution in [2.24, 2.45) is 10.7 Å². The number of hydrogen-bond acceptors (Lipinski definition) is 6. The fourth-order valence-corrected chi connectivity index (χ4v) is 3.66. The minimum absolute atomic E-state index is 0.470. The van der Waals surface area contributed by atoms with Crippen molar-refractivity contribution in [2.45, 2.75) is 19.9 Å². The second-order valence-corrected chi connectivity index (χ2v) is 7.29. The summed E-state index contributed by atoms with van der Waals surface area (Å²) < 4.78 is 5.38. The Morgan fingerprint density at radius 1 is 1.00 bits per heavy atom. The first-order valence-electron chi connectivity index (χ1n) is 8.87. The molecule has 6 nitrogen and oxygen atoms in total. The first-order chi connectivity index (χ1) is 13.7. The molecule has 4 rings (SSSR count). The molecule has 0 spiro atoms. The van der Waals surface area contributed by atoms with Crippen LogP contribution in [0.1, 0.15) is 27.6 Å². The van der Waals surface area contributed by atoms with Gasteiger partial charge in [0.15, 0.2) is 5.01 Å². The van der Waals surface area contributed by atoms with Gasteiger partial charge in [-0.1, -0.05) is 65.8 Å². The average Bonchev–Trinajstić information content (AvgIpc) is 3.34. The molecule has 0 aliphatic carbocycles. The highest BCUT2D eigenvalue weighted by Gasteiger charge is 2.17. The van der Waals surface area contributed by atoms with E-state index in [4.69, 9.17) is 10.3 Å². The van der Waals surface area contributed by atoms with E-state index in [9.17, 15) is 0 Å². The number of benzene rings is 2. The number of thiazole rings is 1. The lowest BCUT2D eigenvalue weighted by Crippen LogP contribution is -2.13. The van der Waals surface area contributed by atoms with E-state index in [-0.39, 0.29) is 0 Å². The molecule has 7 heteroatoms. The molecule has 4 aromatic rings. The summed E-state index contributed by atoms with van der Waals surface area (Å²) in [6.45, 7) is 2.44. The lowest BCUT2D eigenvalue weighted by atomic mass is 10.1. The number of aryl methyl sites for hydroxylation is 1. The molecule has 28 heavy (non-hydrogen) atoms. The second-order valence-electron chi connectivity index (χ2n) is 6.29. The first kappa shape index (κ1) is 18.1. The molecule has 2 aromatic heterocycles. The third-order valence-electron chi connectivity index (χ3n) is 4.16. The molecule has 0 atom stereocenters. The second kappa shape index (κ2) is 8.14. The first-order valence-corrected chi connectivity index (χ1v) is 9.69. The number of rotatable bonds is 6. The number of nitrogens with zero attached hydrogens (tertiary/aromatic N) is 4. The quantitative estimate of drug-likeness (QED) is 0.398. The zero-order valence-corrected chi connectivity index (χ0v) is 16.2. The van der Waals surface area contributed by atoms with Gasteiger partial charge in [0.2, 0.25) is 11.7 Å². The lowest BCUT2D eigenvalue weighted by molar-refractivity contribution is 0.385. The fraction of sp³-hybridized carbons (Fsp3) is 0.143. The maximum absolute atomic E-state index is 6.20. The SMILES string of the molecule is Cc1nc(-c2noc(Cc3ccccc3)n2)sc1C(N)=NCc1ccccc1. The van der Waals surface area contributed by atoms with E-state index in [1.165, 1.54) is 11.3 Å². The number of amidine groups is 1. The van der Waals surface area contributed by atoms with Gasteiger partial charge in [-0.3, -0.25) is 4.99 Å². The van der Waals surface area contributed by atoms with Crippen LogP contribution in [-0.2, 0) is 13.0 Å². The molecule has 0 radical (unpaired) electrons. The maximum atomic E-state index is 6.20. The smallest absolute Gasteiger partial charge is 0.231 e. The van der Waals surface area contributed by atoms with Crippen molar-refractivity contribution in [3.05, 3.63) is 88.3 Å². The Labute approximate surface area is 166 Å². The summed E-state index contributed by atoms with van der Waals surface area (Å²) in [4.78, 5) is 14.4. The summed E-state index contributed by atoms with van der Waals surface area (Å²) in [6, 6.07) is 20.0. The summed E-state index contributed by atoms with van der Waals surface area (Å²) in [5.41, 5.74) is 9.23. The van der Waals surface area contributed by atoms with Crippen LogP contribution in [0, 0.1) is 6.92 Å². The molecule has 0 bridgehead atoms. The van der Waals surface area contributed by atoms with Crippen LogP contribution in [0.25, 0.3) is 10.8 Å². The average molecular weight is 389 g/mol. The number of aromatic nitrogens is 3. The summed E-state index contributed by atoms with van der Waals surface area (Å²) in [6.07, 6.45) is 0.589.